The number of carbonyl (C=O) groups is 2. The van der Waals surface area contributed by atoms with Gasteiger partial charge in [-0.3, -0.25) is 10.2 Å². The van der Waals surface area contributed by atoms with Crippen LogP contribution in [0.15, 0.2) is 12.1 Å². The molecule has 3 rings (SSSR count). The molecule has 0 fully saturated rings. The van der Waals surface area contributed by atoms with Crippen LogP contribution in [0.3, 0.4) is 0 Å². The van der Waals surface area contributed by atoms with Crippen molar-refractivity contribution in [1.29, 1.82) is 0 Å². The Hall–Kier alpha value is -1.20. The van der Waals surface area contributed by atoms with Gasteiger partial charge in [-0.2, -0.15) is 9.97 Å². The molecule has 1 aromatic carbocycles. The van der Waals surface area contributed by atoms with Crippen molar-refractivity contribution in [3.05, 3.63) is 32.8 Å². The molecular formula is C14H10N6Na2O6S2. The molecule has 0 bridgehead atoms. The maximum absolute atomic E-state index is 11.6. The fourth-order valence-electron chi connectivity index (χ4n) is 2.48. The summed E-state index contributed by atoms with van der Waals surface area (Å²) in [5, 5.41) is 46.8. The van der Waals surface area contributed by atoms with E-state index in [9.17, 15) is 30.0 Å². The number of aliphatic hydroxyl groups excluding tert-OH is 2. The van der Waals surface area contributed by atoms with Crippen molar-refractivity contribution in [1.82, 2.24) is 29.5 Å². The summed E-state index contributed by atoms with van der Waals surface area (Å²) >= 11 is 9.88. The zero-order chi connectivity index (χ0) is 20.6. The number of H-pyrrole nitrogens is 2. The number of aromatic nitrogens is 6. The number of carboxylic acid groups (broad SMARTS) is 2. The first-order valence-corrected chi connectivity index (χ1v) is 8.25. The first-order valence-electron chi connectivity index (χ1n) is 7.43. The molecule has 146 valence electrons. The molecule has 16 heteroatoms. The molecule has 2 aromatic heterocycles. The molecule has 0 atom stereocenters. The van der Waals surface area contributed by atoms with E-state index in [4.69, 9.17) is 24.4 Å². The molecule has 12 nitrogen and oxygen atoms in total. The largest absolute Gasteiger partial charge is 1.00 e. The minimum absolute atomic E-state index is 0. The minimum atomic E-state index is -1.67. The van der Waals surface area contributed by atoms with E-state index >= 15 is 0 Å². The number of carbonyl (C=O) groups excluding carboxylic acids is 2. The Bertz CT molecular complexity index is 1130. The van der Waals surface area contributed by atoms with Crippen LogP contribution in [0.5, 0.6) is 0 Å². The van der Waals surface area contributed by atoms with Gasteiger partial charge in [0.15, 0.2) is 11.6 Å². The Balaban J connectivity index is 0.00000225. The molecule has 0 radical (unpaired) electrons. The first kappa shape index (κ1) is 26.8. The van der Waals surface area contributed by atoms with Crippen LogP contribution in [-0.2, 0) is 13.5 Å². The summed E-state index contributed by atoms with van der Waals surface area (Å²) < 4.78 is 2.00. The number of benzene rings is 1. The normalized spacial score (nSPS) is 10.2. The SMILES string of the molecule is O=C([O-])c1cc(C(=O)[O-])c(-c2nc(=S)n(CO)[nH]2)cc1-c1nc(=S)n(CO)[nH]1.[Na+].[Na+]. The van der Waals surface area contributed by atoms with Crippen molar-refractivity contribution in [3.63, 3.8) is 0 Å². The Morgan fingerprint density at radius 1 is 0.867 bits per heavy atom. The molecule has 2 heterocycles. The molecular weight excluding hydrogens is 458 g/mol. The summed E-state index contributed by atoms with van der Waals surface area (Å²) in [6.07, 6.45) is 0. The third-order valence-electron chi connectivity index (χ3n) is 3.75. The smallest absolute Gasteiger partial charge is 0.545 e. The van der Waals surface area contributed by atoms with Gasteiger partial charge in [-0.1, -0.05) is 0 Å². The number of aromatic carboxylic acids is 2. The molecule has 0 amide bonds. The van der Waals surface area contributed by atoms with Crippen molar-refractivity contribution in [3.8, 4) is 22.8 Å². The molecule has 3 aromatic rings. The van der Waals surface area contributed by atoms with E-state index in [1.54, 1.807) is 0 Å². The van der Waals surface area contributed by atoms with Crippen molar-refractivity contribution in [2.75, 3.05) is 0 Å². The van der Waals surface area contributed by atoms with Crippen LogP contribution in [-0.4, -0.2) is 51.7 Å². The van der Waals surface area contributed by atoms with Crippen molar-refractivity contribution >= 4 is 36.4 Å². The summed E-state index contributed by atoms with van der Waals surface area (Å²) in [5.41, 5.74) is -1.15. The van der Waals surface area contributed by atoms with Crippen molar-refractivity contribution < 1.29 is 89.1 Å². The first-order chi connectivity index (χ1) is 13.3. The second kappa shape index (κ2) is 10.9. The average Bonchev–Trinajstić information content (AvgIpc) is 3.22. The van der Waals surface area contributed by atoms with Gasteiger partial charge in [0.25, 0.3) is 0 Å². The minimum Gasteiger partial charge on any atom is -0.545 e. The van der Waals surface area contributed by atoms with Crippen LogP contribution in [0.2, 0.25) is 0 Å². The quantitative estimate of drug-likeness (QED) is 0.200. The molecule has 0 aliphatic heterocycles. The number of nitrogens with one attached hydrogen (secondary N) is 2. The Morgan fingerprint density at radius 2 is 1.23 bits per heavy atom. The fraction of sp³-hybridized carbons (Fsp3) is 0.143. The summed E-state index contributed by atoms with van der Waals surface area (Å²) in [5.74, 6) is -3.44. The molecule has 0 saturated carbocycles. The average molecular weight is 468 g/mol. The summed E-state index contributed by atoms with van der Waals surface area (Å²) in [4.78, 5) is 31.0. The number of hydrogen-bond acceptors (Lipinski definition) is 10. The van der Waals surface area contributed by atoms with E-state index in [1.165, 1.54) is 6.07 Å². The van der Waals surface area contributed by atoms with Crippen LogP contribution in [0, 0.1) is 9.54 Å². The standard InChI is InChI=1S/C14H12N6O6S2.2Na/c21-3-19-13(27)15-9(17-19)5-1-6(10-16-14(28)20(4-22)18-10)8(12(25)26)2-7(5)11(23)24;;/h1-2,21-22H,3-4H2,(H,23,24)(H,25,26)(H,15,17,27)(H,16,18,28);;/q;2*+1/p-2. The van der Waals surface area contributed by atoms with Gasteiger partial charge in [0.2, 0.25) is 9.54 Å². The number of hydrogen-bond donors (Lipinski definition) is 4. The second-order valence-electron chi connectivity index (χ2n) is 5.37. The van der Waals surface area contributed by atoms with Crippen LogP contribution in [0.25, 0.3) is 22.8 Å². The Kier molecular flexibility index (Phi) is 9.75. The molecule has 0 unspecified atom stereocenters. The zero-order valence-electron chi connectivity index (χ0n) is 15.7. The van der Waals surface area contributed by atoms with Gasteiger partial charge in [0.1, 0.15) is 13.5 Å². The van der Waals surface area contributed by atoms with E-state index < -0.39 is 36.5 Å². The molecule has 0 spiro atoms. The van der Waals surface area contributed by atoms with E-state index in [2.05, 4.69) is 20.2 Å². The third-order valence-corrected chi connectivity index (χ3v) is 4.37. The molecule has 30 heavy (non-hydrogen) atoms. The monoisotopic (exact) mass is 468 g/mol. The van der Waals surface area contributed by atoms with Gasteiger partial charge in [0.05, 0.1) is 11.9 Å². The van der Waals surface area contributed by atoms with E-state index in [0.717, 1.165) is 15.4 Å². The summed E-state index contributed by atoms with van der Waals surface area (Å²) in [6, 6.07) is 2.00. The Morgan fingerprint density at radius 3 is 1.50 bits per heavy atom. The zero-order valence-corrected chi connectivity index (χ0v) is 21.3. The number of aliphatic hydroxyl groups is 2. The molecule has 0 saturated heterocycles. The van der Waals surface area contributed by atoms with Gasteiger partial charge in [-0.25, -0.2) is 9.36 Å². The summed E-state index contributed by atoms with van der Waals surface area (Å²) in [7, 11) is 0. The third kappa shape index (κ3) is 5.16. The van der Waals surface area contributed by atoms with Crippen molar-refractivity contribution in [2.45, 2.75) is 13.5 Å². The van der Waals surface area contributed by atoms with Gasteiger partial charge in [0, 0.05) is 22.3 Å². The molecule has 0 aliphatic carbocycles. The Labute approximate surface area is 222 Å². The number of rotatable bonds is 6. The van der Waals surface area contributed by atoms with E-state index in [-0.39, 0.29) is 91.4 Å². The van der Waals surface area contributed by atoms with Crippen LogP contribution in [0.4, 0.5) is 0 Å². The van der Waals surface area contributed by atoms with E-state index in [0.29, 0.717) is 0 Å². The number of aromatic amines is 2. The maximum atomic E-state index is 11.6. The topological polar surface area (TPSA) is 188 Å². The number of carboxylic acids is 2. The van der Waals surface area contributed by atoms with Gasteiger partial charge < -0.3 is 30.0 Å². The predicted molar refractivity (Wildman–Crippen MR) is 92.4 cm³/mol. The fourth-order valence-corrected chi connectivity index (χ4v) is 2.86. The second-order valence-corrected chi connectivity index (χ2v) is 6.10. The van der Waals surface area contributed by atoms with Gasteiger partial charge >= 0.3 is 59.1 Å². The number of nitrogens with zero attached hydrogens (tertiary/aromatic N) is 4. The van der Waals surface area contributed by atoms with Crippen LogP contribution >= 0.6 is 24.4 Å². The predicted octanol–water partition coefficient (Wildman–Crippen LogP) is -7.84. The van der Waals surface area contributed by atoms with Crippen LogP contribution < -0.4 is 69.3 Å². The van der Waals surface area contributed by atoms with Gasteiger partial charge in [-0.05, 0) is 36.6 Å². The summed E-state index contributed by atoms with van der Waals surface area (Å²) in [6.45, 7) is -1.07. The maximum Gasteiger partial charge on any atom is 1.00 e. The van der Waals surface area contributed by atoms with Crippen LogP contribution in [0.1, 0.15) is 20.7 Å². The van der Waals surface area contributed by atoms with E-state index in [1.807, 2.05) is 0 Å². The molecule has 4 N–H and O–H groups in total. The van der Waals surface area contributed by atoms with Gasteiger partial charge in [-0.15, -0.1) is 0 Å². The molecule has 0 aliphatic rings. The van der Waals surface area contributed by atoms with Crippen molar-refractivity contribution in [2.24, 2.45) is 0 Å².